The summed E-state index contributed by atoms with van der Waals surface area (Å²) in [6, 6.07) is 23.4. The Morgan fingerprint density at radius 3 is 2.42 bits per heavy atom. The van der Waals surface area contributed by atoms with Gasteiger partial charge in [0.25, 0.3) is 5.69 Å². The van der Waals surface area contributed by atoms with Crippen LogP contribution in [0.3, 0.4) is 0 Å². The van der Waals surface area contributed by atoms with Gasteiger partial charge >= 0.3 is 0 Å². The van der Waals surface area contributed by atoms with Crippen LogP contribution < -0.4 is 9.47 Å². The summed E-state index contributed by atoms with van der Waals surface area (Å²) < 4.78 is 11.9. The number of nitro groups is 1. The number of nitrogens with zero attached hydrogens (tertiary/aromatic N) is 2. The molecule has 6 nitrogen and oxygen atoms in total. The molecule has 0 saturated carbocycles. The number of allylic oxidation sites excluding steroid dienone is 1. The Hall–Kier alpha value is -4.11. The summed E-state index contributed by atoms with van der Waals surface area (Å²) >= 11 is 0. The summed E-state index contributed by atoms with van der Waals surface area (Å²) in [6.07, 6.45) is 1.56. The fraction of sp³-hybridized carbons (Fsp3) is 0.160. The maximum Gasteiger partial charge on any atom is 0.269 e. The van der Waals surface area contributed by atoms with Crippen LogP contribution >= 0.6 is 0 Å². The molecule has 0 saturated heterocycles. The van der Waals surface area contributed by atoms with Crippen LogP contribution in [-0.4, -0.2) is 11.5 Å². The van der Waals surface area contributed by atoms with Crippen molar-refractivity contribution in [2.75, 3.05) is 6.61 Å². The highest BCUT2D eigenvalue weighted by molar-refractivity contribution is 5.90. The lowest BCUT2D eigenvalue weighted by atomic mass is 10.0. The van der Waals surface area contributed by atoms with E-state index in [2.05, 4.69) is 6.07 Å². The molecule has 0 bridgehead atoms. The lowest BCUT2D eigenvalue weighted by Crippen LogP contribution is -2.05. The molecule has 0 unspecified atom stereocenters. The smallest absolute Gasteiger partial charge is 0.269 e. The van der Waals surface area contributed by atoms with Crippen molar-refractivity contribution in [2.24, 2.45) is 0 Å². The highest BCUT2D eigenvalue weighted by Gasteiger charge is 2.13. The van der Waals surface area contributed by atoms with Gasteiger partial charge in [0.05, 0.1) is 23.2 Å². The van der Waals surface area contributed by atoms with E-state index in [-0.39, 0.29) is 11.8 Å². The average Bonchev–Trinajstić information content (AvgIpc) is 2.79. The highest BCUT2D eigenvalue weighted by atomic mass is 16.6. The molecule has 0 aromatic heterocycles. The Balaban J connectivity index is 1.88. The molecular weight excluding hydrogens is 392 g/mol. The number of rotatable bonds is 8. The normalized spacial score (nSPS) is 12.0. The van der Waals surface area contributed by atoms with E-state index in [1.165, 1.54) is 12.1 Å². The van der Waals surface area contributed by atoms with Crippen molar-refractivity contribution in [3.63, 3.8) is 0 Å². The number of benzene rings is 3. The first-order chi connectivity index (χ1) is 15.0. The van der Waals surface area contributed by atoms with Crippen molar-refractivity contribution in [1.29, 1.82) is 5.26 Å². The number of hydrogen-bond donors (Lipinski definition) is 0. The van der Waals surface area contributed by atoms with E-state index < -0.39 is 4.92 Å². The zero-order valence-electron chi connectivity index (χ0n) is 17.3. The molecule has 156 valence electrons. The molecule has 0 aliphatic heterocycles. The molecule has 1 atom stereocenters. The lowest BCUT2D eigenvalue weighted by Gasteiger charge is -2.18. The number of ether oxygens (including phenoxy) is 2. The third-order valence-corrected chi connectivity index (χ3v) is 4.66. The quantitative estimate of drug-likeness (QED) is 0.190. The lowest BCUT2D eigenvalue weighted by molar-refractivity contribution is -0.384. The predicted molar refractivity (Wildman–Crippen MR) is 120 cm³/mol. The van der Waals surface area contributed by atoms with Crippen molar-refractivity contribution in [1.82, 2.24) is 0 Å². The Labute approximate surface area is 181 Å². The van der Waals surface area contributed by atoms with E-state index in [4.69, 9.17) is 9.47 Å². The van der Waals surface area contributed by atoms with Gasteiger partial charge in [0.1, 0.15) is 6.10 Å². The second-order valence-corrected chi connectivity index (χ2v) is 6.78. The van der Waals surface area contributed by atoms with Gasteiger partial charge in [-0.15, -0.1) is 0 Å². The largest absolute Gasteiger partial charge is 0.490 e. The van der Waals surface area contributed by atoms with Crippen LogP contribution in [0.4, 0.5) is 5.69 Å². The van der Waals surface area contributed by atoms with Crippen LogP contribution in [0.25, 0.3) is 11.6 Å². The molecular formula is C25H22N2O4. The van der Waals surface area contributed by atoms with Crippen LogP contribution in [0.1, 0.15) is 36.6 Å². The summed E-state index contributed by atoms with van der Waals surface area (Å²) in [5.74, 6) is 1.20. The van der Waals surface area contributed by atoms with Crippen LogP contribution in [0.2, 0.25) is 0 Å². The van der Waals surface area contributed by atoms with Gasteiger partial charge in [-0.05, 0) is 60.9 Å². The molecule has 0 amide bonds. The molecule has 0 fully saturated rings. The first-order valence-corrected chi connectivity index (χ1v) is 9.87. The first-order valence-electron chi connectivity index (χ1n) is 9.87. The van der Waals surface area contributed by atoms with Gasteiger partial charge in [0, 0.05) is 12.1 Å². The number of nitriles is 1. The van der Waals surface area contributed by atoms with Crippen molar-refractivity contribution >= 4 is 17.3 Å². The molecule has 0 aliphatic rings. The van der Waals surface area contributed by atoms with E-state index in [0.29, 0.717) is 29.2 Å². The third-order valence-electron chi connectivity index (χ3n) is 4.66. The molecule has 3 aromatic carbocycles. The van der Waals surface area contributed by atoms with Crippen LogP contribution in [0.5, 0.6) is 11.5 Å². The van der Waals surface area contributed by atoms with E-state index in [9.17, 15) is 15.4 Å². The average molecular weight is 414 g/mol. The summed E-state index contributed by atoms with van der Waals surface area (Å²) in [5.41, 5.74) is 2.79. The predicted octanol–water partition coefficient (Wildman–Crippen LogP) is 6.20. The van der Waals surface area contributed by atoms with E-state index in [0.717, 1.165) is 11.1 Å². The Morgan fingerprint density at radius 1 is 1.10 bits per heavy atom. The summed E-state index contributed by atoms with van der Waals surface area (Å²) in [7, 11) is 0. The topological polar surface area (TPSA) is 85.4 Å². The zero-order valence-corrected chi connectivity index (χ0v) is 17.3. The van der Waals surface area contributed by atoms with Gasteiger partial charge in [-0.1, -0.05) is 36.4 Å². The monoisotopic (exact) mass is 414 g/mol. The third kappa shape index (κ3) is 5.49. The maximum absolute atomic E-state index is 10.8. The van der Waals surface area contributed by atoms with Gasteiger partial charge in [0.15, 0.2) is 11.5 Å². The fourth-order valence-electron chi connectivity index (χ4n) is 3.07. The Morgan fingerprint density at radius 2 is 1.81 bits per heavy atom. The van der Waals surface area contributed by atoms with E-state index >= 15 is 0 Å². The van der Waals surface area contributed by atoms with Gasteiger partial charge in [-0.2, -0.15) is 5.26 Å². The molecule has 31 heavy (non-hydrogen) atoms. The van der Waals surface area contributed by atoms with Gasteiger partial charge in [0.2, 0.25) is 0 Å². The van der Waals surface area contributed by atoms with Crippen LogP contribution in [-0.2, 0) is 0 Å². The molecule has 6 heteroatoms. The van der Waals surface area contributed by atoms with Crippen molar-refractivity contribution in [3.05, 3.63) is 99.6 Å². The molecule has 0 spiro atoms. The minimum absolute atomic E-state index is 0.0197. The van der Waals surface area contributed by atoms with Crippen molar-refractivity contribution in [2.45, 2.75) is 20.0 Å². The maximum atomic E-state index is 10.8. The molecule has 0 N–H and O–H groups in total. The van der Waals surface area contributed by atoms with Gasteiger partial charge < -0.3 is 9.47 Å². The second kappa shape index (κ2) is 10.1. The van der Waals surface area contributed by atoms with Gasteiger partial charge in [-0.25, -0.2) is 0 Å². The zero-order chi connectivity index (χ0) is 22.2. The first kappa shape index (κ1) is 21.6. The highest BCUT2D eigenvalue weighted by Crippen LogP contribution is 2.33. The van der Waals surface area contributed by atoms with Crippen LogP contribution in [0, 0.1) is 21.4 Å². The summed E-state index contributed by atoms with van der Waals surface area (Å²) in [4.78, 5) is 10.4. The molecule has 3 rings (SSSR count). The summed E-state index contributed by atoms with van der Waals surface area (Å²) in [5, 5.41) is 20.4. The minimum Gasteiger partial charge on any atom is -0.490 e. The van der Waals surface area contributed by atoms with Crippen molar-refractivity contribution < 1.29 is 14.4 Å². The standard InChI is InChI=1S/C25H22N2O4/c1-3-30-25-16-19(9-14-24(25)31-18(2)20-7-5-4-6-8-20)15-22(17-26)21-10-12-23(13-11-21)27(28)29/h4-16,18H,3H2,1-2H3/b22-15+/t18-/m0/s1. The molecule has 0 aliphatic carbocycles. The number of hydrogen-bond acceptors (Lipinski definition) is 5. The van der Waals surface area contributed by atoms with Crippen LogP contribution in [0.15, 0.2) is 72.8 Å². The van der Waals surface area contributed by atoms with Crippen molar-refractivity contribution in [3.8, 4) is 17.6 Å². The SMILES string of the molecule is CCOc1cc(/C=C(\C#N)c2ccc([N+](=O)[O-])cc2)ccc1O[C@@H](C)c1ccccc1. The Bertz CT molecular complexity index is 1120. The molecule has 0 heterocycles. The Kier molecular flexibility index (Phi) is 7.02. The number of non-ortho nitro benzene ring substituents is 1. The van der Waals surface area contributed by atoms with E-state index in [1.54, 1.807) is 18.2 Å². The van der Waals surface area contributed by atoms with Gasteiger partial charge in [-0.3, -0.25) is 10.1 Å². The number of nitro benzene ring substituents is 1. The van der Waals surface area contributed by atoms with E-state index in [1.807, 2.05) is 62.4 Å². The second-order valence-electron chi connectivity index (χ2n) is 6.78. The summed E-state index contributed by atoms with van der Waals surface area (Å²) in [6.45, 7) is 4.34. The molecule has 0 radical (unpaired) electrons. The molecule has 3 aromatic rings. The minimum atomic E-state index is -0.469. The fourth-order valence-corrected chi connectivity index (χ4v) is 3.07.